The second kappa shape index (κ2) is 7.04. The molecule has 0 spiro atoms. The monoisotopic (exact) mass is 343 g/mol. The predicted octanol–water partition coefficient (Wildman–Crippen LogP) is 4.58. The number of benzene rings is 2. The molecule has 1 atom stereocenters. The molecular formula is C16H13F4NOS. The molecular weight excluding hydrogens is 330 g/mol. The van der Waals surface area contributed by atoms with Crippen LogP contribution in [-0.4, -0.2) is 18.3 Å². The SMILES string of the molecule is CSc1ccc(C(=O)NC(c2ccc(F)cc2)C(F)(F)F)cc1. The van der Waals surface area contributed by atoms with Crippen molar-refractivity contribution in [2.75, 3.05) is 6.26 Å². The van der Waals surface area contributed by atoms with Gasteiger partial charge in [0, 0.05) is 10.5 Å². The van der Waals surface area contributed by atoms with E-state index in [4.69, 9.17) is 0 Å². The minimum atomic E-state index is -4.69. The molecule has 7 heteroatoms. The fourth-order valence-corrected chi connectivity index (χ4v) is 2.37. The molecule has 1 amide bonds. The number of alkyl halides is 3. The zero-order chi connectivity index (χ0) is 17.0. The number of carbonyl (C=O) groups is 1. The highest BCUT2D eigenvalue weighted by Gasteiger charge is 2.42. The highest BCUT2D eigenvalue weighted by Crippen LogP contribution is 2.33. The van der Waals surface area contributed by atoms with Gasteiger partial charge in [0.2, 0.25) is 0 Å². The lowest BCUT2D eigenvalue weighted by molar-refractivity contribution is -0.155. The highest BCUT2D eigenvalue weighted by atomic mass is 32.2. The van der Waals surface area contributed by atoms with Crippen molar-refractivity contribution in [1.29, 1.82) is 0 Å². The van der Waals surface area contributed by atoms with Crippen molar-refractivity contribution < 1.29 is 22.4 Å². The van der Waals surface area contributed by atoms with Crippen LogP contribution in [-0.2, 0) is 0 Å². The minimum Gasteiger partial charge on any atom is -0.337 e. The summed E-state index contributed by atoms with van der Waals surface area (Å²) in [6, 6.07) is 7.88. The van der Waals surface area contributed by atoms with Crippen molar-refractivity contribution >= 4 is 17.7 Å². The van der Waals surface area contributed by atoms with E-state index in [9.17, 15) is 22.4 Å². The van der Waals surface area contributed by atoms with Crippen molar-refractivity contribution in [3.63, 3.8) is 0 Å². The summed E-state index contributed by atoms with van der Waals surface area (Å²) >= 11 is 1.46. The van der Waals surface area contributed by atoms with E-state index < -0.39 is 23.9 Å². The first-order chi connectivity index (χ1) is 10.8. The first-order valence-electron chi connectivity index (χ1n) is 6.58. The number of nitrogens with one attached hydrogen (secondary N) is 1. The number of thioether (sulfide) groups is 1. The van der Waals surface area contributed by atoms with E-state index >= 15 is 0 Å². The van der Waals surface area contributed by atoms with Gasteiger partial charge >= 0.3 is 6.18 Å². The summed E-state index contributed by atoms with van der Waals surface area (Å²) in [7, 11) is 0. The number of rotatable bonds is 4. The van der Waals surface area contributed by atoms with Crippen LogP contribution in [0.15, 0.2) is 53.4 Å². The van der Waals surface area contributed by atoms with Gasteiger partial charge in [-0.1, -0.05) is 12.1 Å². The van der Waals surface area contributed by atoms with Gasteiger partial charge in [0.15, 0.2) is 6.04 Å². The quantitative estimate of drug-likeness (QED) is 0.650. The summed E-state index contributed by atoms with van der Waals surface area (Å²) in [5.41, 5.74) is -0.104. The lowest BCUT2D eigenvalue weighted by atomic mass is 10.1. The average molecular weight is 343 g/mol. The largest absolute Gasteiger partial charge is 0.412 e. The molecule has 0 aromatic heterocycles. The molecule has 1 N–H and O–H groups in total. The molecule has 0 aliphatic heterocycles. The predicted molar refractivity (Wildman–Crippen MR) is 80.9 cm³/mol. The van der Waals surface area contributed by atoms with Gasteiger partial charge in [0.1, 0.15) is 5.82 Å². The third kappa shape index (κ3) is 4.48. The molecule has 1 unspecified atom stereocenters. The topological polar surface area (TPSA) is 29.1 Å². The molecule has 0 aliphatic rings. The average Bonchev–Trinajstić information content (AvgIpc) is 2.52. The fourth-order valence-electron chi connectivity index (χ4n) is 1.97. The first kappa shape index (κ1) is 17.3. The van der Waals surface area contributed by atoms with Crippen LogP contribution in [0.4, 0.5) is 17.6 Å². The van der Waals surface area contributed by atoms with Crippen LogP contribution < -0.4 is 5.32 Å². The zero-order valence-corrected chi connectivity index (χ0v) is 12.8. The van der Waals surface area contributed by atoms with E-state index in [1.54, 1.807) is 12.1 Å². The van der Waals surface area contributed by atoms with E-state index in [2.05, 4.69) is 0 Å². The van der Waals surface area contributed by atoms with Gasteiger partial charge in [-0.15, -0.1) is 11.8 Å². The van der Waals surface area contributed by atoms with Crippen LogP contribution in [0.25, 0.3) is 0 Å². The van der Waals surface area contributed by atoms with Crippen molar-refractivity contribution in [2.45, 2.75) is 17.1 Å². The van der Waals surface area contributed by atoms with Gasteiger partial charge in [-0.25, -0.2) is 4.39 Å². The Balaban J connectivity index is 2.23. The number of amides is 1. The van der Waals surface area contributed by atoms with Crippen LogP contribution in [0.1, 0.15) is 22.0 Å². The number of carbonyl (C=O) groups excluding carboxylic acids is 1. The molecule has 0 saturated carbocycles. The number of hydrogen-bond acceptors (Lipinski definition) is 2. The Labute approximate surface area is 134 Å². The maximum absolute atomic E-state index is 13.2. The third-order valence-electron chi connectivity index (χ3n) is 3.16. The van der Waals surface area contributed by atoms with Gasteiger partial charge in [-0.3, -0.25) is 4.79 Å². The zero-order valence-electron chi connectivity index (χ0n) is 12.0. The molecule has 0 saturated heterocycles. The molecule has 0 radical (unpaired) electrons. The fraction of sp³-hybridized carbons (Fsp3) is 0.188. The maximum Gasteiger partial charge on any atom is 0.412 e. The molecule has 2 nitrogen and oxygen atoms in total. The maximum atomic E-state index is 13.2. The molecule has 0 bridgehead atoms. The molecule has 0 heterocycles. The normalized spacial score (nSPS) is 12.7. The van der Waals surface area contributed by atoms with Crippen molar-refractivity contribution in [1.82, 2.24) is 5.32 Å². The molecule has 2 aromatic carbocycles. The Morgan fingerprint density at radius 3 is 2.09 bits per heavy atom. The van der Waals surface area contributed by atoms with E-state index in [1.807, 2.05) is 11.6 Å². The summed E-state index contributed by atoms with van der Waals surface area (Å²) in [4.78, 5) is 12.9. The van der Waals surface area contributed by atoms with Crippen molar-refractivity contribution in [3.05, 3.63) is 65.5 Å². The Kier molecular flexibility index (Phi) is 5.30. The second-order valence-corrected chi connectivity index (χ2v) is 5.61. The van der Waals surface area contributed by atoms with E-state index in [-0.39, 0.29) is 11.1 Å². The van der Waals surface area contributed by atoms with Gasteiger partial charge in [0.05, 0.1) is 0 Å². The summed E-state index contributed by atoms with van der Waals surface area (Å²) in [5, 5.41) is 1.95. The summed E-state index contributed by atoms with van der Waals surface area (Å²) in [6.45, 7) is 0. The smallest absolute Gasteiger partial charge is 0.337 e. The molecule has 122 valence electrons. The van der Waals surface area contributed by atoms with E-state index in [0.717, 1.165) is 29.2 Å². The van der Waals surface area contributed by atoms with Crippen LogP contribution in [0.2, 0.25) is 0 Å². The summed E-state index contributed by atoms with van der Waals surface area (Å²) < 4.78 is 52.4. The van der Waals surface area contributed by atoms with E-state index in [1.165, 1.54) is 23.9 Å². The number of hydrogen-bond donors (Lipinski definition) is 1. The van der Waals surface area contributed by atoms with Gasteiger partial charge in [-0.05, 0) is 48.2 Å². The lowest BCUT2D eigenvalue weighted by Crippen LogP contribution is -2.38. The Bertz CT molecular complexity index is 668. The molecule has 0 aliphatic carbocycles. The third-order valence-corrected chi connectivity index (χ3v) is 3.90. The van der Waals surface area contributed by atoms with Crippen LogP contribution in [0.3, 0.4) is 0 Å². The van der Waals surface area contributed by atoms with Crippen LogP contribution in [0, 0.1) is 5.82 Å². The Morgan fingerprint density at radius 2 is 1.61 bits per heavy atom. The first-order valence-corrected chi connectivity index (χ1v) is 7.81. The number of halogens is 4. The standard InChI is InChI=1S/C16H13F4NOS/c1-23-13-8-4-11(5-9-13)15(22)21-14(16(18,19)20)10-2-6-12(17)7-3-10/h2-9,14H,1H3,(H,21,22). The van der Waals surface area contributed by atoms with Crippen molar-refractivity contribution in [2.24, 2.45) is 0 Å². The molecule has 0 fully saturated rings. The highest BCUT2D eigenvalue weighted by molar-refractivity contribution is 7.98. The molecule has 2 aromatic rings. The van der Waals surface area contributed by atoms with Gasteiger partial charge < -0.3 is 5.32 Å². The Hall–Kier alpha value is -2.02. The van der Waals surface area contributed by atoms with Crippen molar-refractivity contribution in [3.8, 4) is 0 Å². The lowest BCUT2D eigenvalue weighted by Gasteiger charge is -2.22. The van der Waals surface area contributed by atoms with Gasteiger partial charge in [-0.2, -0.15) is 13.2 Å². The summed E-state index contributed by atoms with van der Waals surface area (Å²) in [5.74, 6) is -1.49. The van der Waals surface area contributed by atoms with Crippen LogP contribution in [0.5, 0.6) is 0 Å². The molecule has 23 heavy (non-hydrogen) atoms. The second-order valence-electron chi connectivity index (χ2n) is 4.73. The van der Waals surface area contributed by atoms with Crippen LogP contribution >= 0.6 is 11.8 Å². The Morgan fingerprint density at radius 1 is 1.04 bits per heavy atom. The van der Waals surface area contributed by atoms with Gasteiger partial charge in [0.25, 0.3) is 5.91 Å². The molecule has 2 rings (SSSR count). The minimum absolute atomic E-state index is 0.124. The summed E-state index contributed by atoms with van der Waals surface area (Å²) in [6.07, 6.45) is -2.84. The van der Waals surface area contributed by atoms with E-state index in [0.29, 0.717) is 0 Å².